The maximum Gasteiger partial charge on any atom is 0.226 e. The van der Waals surface area contributed by atoms with Gasteiger partial charge in [-0.1, -0.05) is 38.3 Å². The number of carbonyl (C=O) groups excluding carboxylic acids is 2. The van der Waals surface area contributed by atoms with Crippen LogP contribution in [0.25, 0.3) is 0 Å². The van der Waals surface area contributed by atoms with Crippen molar-refractivity contribution in [2.75, 3.05) is 6.54 Å². The number of amides is 2. The second kappa shape index (κ2) is 10.2. The van der Waals surface area contributed by atoms with Gasteiger partial charge in [-0.2, -0.15) is 4.98 Å². The van der Waals surface area contributed by atoms with Crippen molar-refractivity contribution < 1.29 is 14.1 Å². The zero-order valence-electron chi connectivity index (χ0n) is 15.3. The molecule has 0 bridgehead atoms. The second-order valence-electron chi connectivity index (χ2n) is 7.06. The van der Waals surface area contributed by atoms with E-state index >= 15 is 0 Å². The molecule has 0 radical (unpaired) electrons. The molecule has 0 unspecified atom stereocenters. The summed E-state index contributed by atoms with van der Waals surface area (Å²) in [6, 6.07) is 0.321. The van der Waals surface area contributed by atoms with Crippen LogP contribution in [0.3, 0.4) is 0 Å². The number of aryl methyl sites for hydroxylation is 1. The fourth-order valence-corrected chi connectivity index (χ4v) is 2.95. The van der Waals surface area contributed by atoms with Crippen LogP contribution in [0.2, 0.25) is 0 Å². The molecule has 0 aromatic carbocycles. The largest absolute Gasteiger partial charge is 0.356 e. The Bertz CT molecular complexity index is 550. The summed E-state index contributed by atoms with van der Waals surface area (Å²) in [5.41, 5.74) is 0. The molecule has 0 aliphatic heterocycles. The number of aromatic nitrogens is 2. The number of hydrogen-bond donors (Lipinski definition) is 2. The fraction of sp³-hybridized carbons (Fsp3) is 0.778. The molecule has 7 nitrogen and oxygen atoms in total. The molecule has 7 heteroatoms. The highest BCUT2D eigenvalue weighted by molar-refractivity contribution is 5.79. The van der Waals surface area contributed by atoms with E-state index in [0.29, 0.717) is 50.0 Å². The Balaban J connectivity index is 1.53. The van der Waals surface area contributed by atoms with Crippen LogP contribution in [0.5, 0.6) is 0 Å². The Kier molecular flexibility index (Phi) is 7.88. The molecule has 0 atom stereocenters. The van der Waals surface area contributed by atoms with Crippen molar-refractivity contribution in [2.45, 2.75) is 83.6 Å². The minimum absolute atomic E-state index is 0.0271. The highest BCUT2D eigenvalue weighted by Crippen LogP contribution is 2.17. The van der Waals surface area contributed by atoms with E-state index < -0.39 is 0 Å². The molecular formula is C18H30N4O3. The van der Waals surface area contributed by atoms with Gasteiger partial charge in [-0.3, -0.25) is 9.59 Å². The van der Waals surface area contributed by atoms with Gasteiger partial charge in [-0.05, 0) is 19.3 Å². The molecule has 2 amide bonds. The Morgan fingerprint density at radius 1 is 1.16 bits per heavy atom. The Morgan fingerprint density at radius 2 is 1.92 bits per heavy atom. The van der Waals surface area contributed by atoms with Crippen LogP contribution in [0, 0.1) is 0 Å². The quantitative estimate of drug-likeness (QED) is 0.713. The lowest BCUT2D eigenvalue weighted by Crippen LogP contribution is -2.38. The molecule has 140 valence electrons. The van der Waals surface area contributed by atoms with Crippen LogP contribution in [0.4, 0.5) is 0 Å². The number of rotatable bonds is 9. The van der Waals surface area contributed by atoms with Gasteiger partial charge >= 0.3 is 0 Å². The van der Waals surface area contributed by atoms with E-state index in [9.17, 15) is 9.59 Å². The van der Waals surface area contributed by atoms with E-state index in [1.807, 2.05) is 13.8 Å². The summed E-state index contributed by atoms with van der Waals surface area (Å²) < 4.78 is 5.15. The predicted octanol–water partition coefficient (Wildman–Crippen LogP) is 2.47. The molecule has 2 N–H and O–H groups in total. The summed E-state index contributed by atoms with van der Waals surface area (Å²) in [6.45, 7) is 4.40. The SMILES string of the molecule is CC(C)c1noc(CCCC(=O)NCCC(=O)NC2CCCCC2)n1. The number of nitrogens with one attached hydrogen (secondary N) is 2. The molecule has 1 aliphatic carbocycles. The maximum absolute atomic E-state index is 11.9. The smallest absolute Gasteiger partial charge is 0.226 e. The third-order valence-corrected chi connectivity index (χ3v) is 4.44. The first-order chi connectivity index (χ1) is 12.0. The van der Waals surface area contributed by atoms with E-state index in [-0.39, 0.29) is 17.7 Å². The lowest BCUT2D eigenvalue weighted by atomic mass is 9.95. The van der Waals surface area contributed by atoms with Gasteiger partial charge in [0.15, 0.2) is 5.82 Å². The van der Waals surface area contributed by atoms with E-state index in [1.54, 1.807) is 0 Å². The molecule has 2 rings (SSSR count). The fourth-order valence-electron chi connectivity index (χ4n) is 2.95. The third kappa shape index (κ3) is 7.23. The summed E-state index contributed by atoms with van der Waals surface area (Å²) in [7, 11) is 0. The van der Waals surface area contributed by atoms with E-state index in [1.165, 1.54) is 19.3 Å². The molecule has 25 heavy (non-hydrogen) atoms. The van der Waals surface area contributed by atoms with E-state index in [2.05, 4.69) is 20.8 Å². The molecule has 0 spiro atoms. The predicted molar refractivity (Wildman–Crippen MR) is 94.0 cm³/mol. The number of nitrogens with zero attached hydrogens (tertiary/aromatic N) is 2. The first kappa shape index (κ1) is 19.4. The summed E-state index contributed by atoms with van der Waals surface area (Å²) >= 11 is 0. The van der Waals surface area contributed by atoms with Crippen molar-refractivity contribution in [3.8, 4) is 0 Å². The molecule has 1 heterocycles. The highest BCUT2D eigenvalue weighted by atomic mass is 16.5. The van der Waals surface area contributed by atoms with Gasteiger partial charge in [-0.25, -0.2) is 0 Å². The molecule has 1 aliphatic rings. The summed E-state index contributed by atoms with van der Waals surface area (Å²) in [4.78, 5) is 28.0. The van der Waals surface area contributed by atoms with Gasteiger partial charge in [0.25, 0.3) is 0 Å². The Morgan fingerprint density at radius 3 is 2.60 bits per heavy atom. The minimum Gasteiger partial charge on any atom is -0.356 e. The Hall–Kier alpha value is -1.92. The van der Waals surface area contributed by atoms with E-state index in [4.69, 9.17) is 4.52 Å². The first-order valence-electron chi connectivity index (χ1n) is 9.43. The van der Waals surface area contributed by atoms with Crippen LogP contribution in [0.1, 0.15) is 82.8 Å². The molecular weight excluding hydrogens is 320 g/mol. The van der Waals surface area contributed by atoms with Gasteiger partial charge in [0, 0.05) is 37.8 Å². The van der Waals surface area contributed by atoms with Crippen molar-refractivity contribution >= 4 is 11.8 Å². The summed E-state index contributed by atoms with van der Waals surface area (Å²) in [5, 5.41) is 9.74. The monoisotopic (exact) mass is 350 g/mol. The second-order valence-corrected chi connectivity index (χ2v) is 7.06. The van der Waals surface area contributed by atoms with Gasteiger partial charge < -0.3 is 15.2 Å². The molecule has 0 saturated heterocycles. The molecule has 1 aromatic rings. The lowest BCUT2D eigenvalue weighted by molar-refractivity contribution is -0.122. The zero-order chi connectivity index (χ0) is 18.1. The summed E-state index contributed by atoms with van der Waals surface area (Å²) in [5.74, 6) is 1.49. The van der Waals surface area contributed by atoms with Gasteiger partial charge in [-0.15, -0.1) is 0 Å². The molecule has 1 saturated carbocycles. The van der Waals surface area contributed by atoms with Gasteiger partial charge in [0.1, 0.15) is 0 Å². The average Bonchev–Trinajstić information content (AvgIpc) is 3.05. The van der Waals surface area contributed by atoms with Crippen LogP contribution >= 0.6 is 0 Å². The van der Waals surface area contributed by atoms with Crippen molar-refractivity contribution in [3.05, 3.63) is 11.7 Å². The van der Waals surface area contributed by atoms with Crippen LogP contribution < -0.4 is 10.6 Å². The highest BCUT2D eigenvalue weighted by Gasteiger charge is 2.15. The Labute approximate surface area is 149 Å². The molecule has 1 fully saturated rings. The number of carbonyl (C=O) groups is 2. The average molecular weight is 350 g/mol. The van der Waals surface area contributed by atoms with Crippen LogP contribution in [0.15, 0.2) is 4.52 Å². The van der Waals surface area contributed by atoms with Crippen molar-refractivity contribution in [3.63, 3.8) is 0 Å². The zero-order valence-corrected chi connectivity index (χ0v) is 15.3. The molecule has 1 aromatic heterocycles. The van der Waals surface area contributed by atoms with Crippen molar-refractivity contribution in [1.29, 1.82) is 0 Å². The maximum atomic E-state index is 11.9. The summed E-state index contributed by atoms with van der Waals surface area (Å²) in [6.07, 6.45) is 7.78. The standard InChI is InChI=1S/C18H30N4O3/c1-13(2)18-21-17(25-22-18)10-6-9-15(23)19-12-11-16(24)20-14-7-4-3-5-8-14/h13-14H,3-12H2,1-2H3,(H,19,23)(H,20,24). The van der Waals surface area contributed by atoms with Gasteiger partial charge in [0.05, 0.1) is 0 Å². The normalized spacial score (nSPS) is 15.3. The van der Waals surface area contributed by atoms with Crippen LogP contribution in [-0.2, 0) is 16.0 Å². The number of hydrogen-bond acceptors (Lipinski definition) is 5. The van der Waals surface area contributed by atoms with Crippen molar-refractivity contribution in [2.24, 2.45) is 0 Å². The third-order valence-electron chi connectivity index (χ3n) is 4.44. The van der Waals surface area contributed by atoms with Crippen molar-refractivity contribution in [1.82, 2.24) is 20.8 Å². The van der Waals surface area contributed by atoms with E-state index in [0.717, 1.165) is 12.8 Å². The minimum atomic E-state index is -0.0472. The van der Waals surface area contributed by atoms with Crippen LogP contribution in [-0.4, -0.2) is 34.5 Å². The lowest BCUT2D eigenvalue weighted by Gasteiger charge is -2.22. The first-order valence-corrected chi connectivity index (χ1v) is 9.43. The topological polar surface area (TPSA) is 97.1 Å². The van der Waals surface area contributed by atoms with Gasteiger partial charge in [0.2, 0.25) is 17.7 Å².